The van der Waals surface area contributed by atoms with Crippen LogP contribution in [0.15, 0.2) is 47.5 Å². The summed E-state index contributed by atoms with van der Waals surface area (Å²) in [6.45, 7) is 3.10. The highest BCUT2D eigenvalue weighted by Crippen LogP contribution is 2.14. The summed E-state index contributed by atoms with van der Waals surface area (Å²) in [5.74, 6) is -0.351. The highest BCUT2D eigenvalue weighted by atomic mass is 32.2. The Hall–Kier alpha value is -2.29. The van der Waals surface area contributed by atoms with Gasteiger partial charge >= 0.3 is 0 Å². The summed E-state index contributed by atoms with van der Waals surface area (Å²) < 4.78 is 32.8. The summed E-state index contributed by atoms with van der Waals surface area (Å²) >= 11 is 0. The number of amides is 1. The monoisotopic (exact) mass is 375 g/mol. The van der Waals surface area contributed by atoms with E-state index in [1.165, 1.54) is 12.1 Å². The van der Waals surface area contributed by atoms with Crippen molar-refractivity contribution in [2.45, 2.75) is 30.8 Å². The van der Waals surface area contributed by atoms with Gasteiger partial charge in [-0.2, -0.15) is 0 Å². The van der Waals surface area contributed by atoms with Crippen LogP contribution in [0.25, 0.3) is 0 Å². The number of aryl methyl sites for hydroxylation is 1. The van der Waals surface area contributed by atoms with Crippen molar-refractivity contribution in [1.82, 2.24) is 15.0 Å². The van der Waals surface area contributed by atoms with Gasteiger partial charge in [0.2, 0.25) is 10.0 Å². The zero-order valence-electron chi connectivity index (χ0n) is 14.4. The Morgan fingerprint density at radius 3 is 2.88 bits per heavy atom. The third-order valence-electron chi connectivity index (χ3n) is 4.19. The molecule has 138 valence electrons. The van der Waals surface area contributed by atoms with Crippen molar-refractivity contribution in [2.75, 3.05) is 13.2 Å². The second-order valence-electron chi connectivity index (χ2n) is 6.16. The zero-order chi connectivity index (χ0) is 18.6. The summed E-state index contributed by atoms with van der Waals surface area (Å²) in [6, 6.07) is 9.50. The third-order valence-corrected chi connectivity index (χ3v) is 5.71. The van der Waals surface area contributed by atoms with Crippen LogP contribution in [0.1, 0.15) is 28.0 Å². The van der Waals surface area contributed by atoms with E-state index in [0.717, 1.165) is 11.3 Å². The van der Waals surface area contributed by atoms with Crippen LogP contribution >= 0.6 is 0 Å². The number of aromatic nitrogens is 1. The van der Waals surface area contributed by atoms with E-state index in [2.05, 4.69) is 15.0 Å². The molecule has 1 aliphatic rings. The first-order valence-corrected chi connectivity index (χ1v) is 9.83. The van der Waals surface area contributed by atoms with Crippen LogP contribution < -0.4 is 10.0 Å². The van der Waals surface area contributed by atoms with Crippen molar-refractivity contribution in [1.29, 1.82) is 0 Å². The average Bonchev–Trinajstić information content (AvgIpc) is 3.13. The lowest BCUT2D eigenvalue weighted by atomic mass is 10.2. The third kappa shape index (κ3) is 4.46. The number of hydrogen-bond donors (Lipinski definition) is 2. The molecular formula is C18H21N3O4S. The lowest BCUT2D eigenvalue weighted by molar-refractivity contribution is 0.0950. The molecule has 0 unspecified atom stereocenters. The Balaban J connectivity index is 1.70. The summed E-state index contributed by atoms with van der Waals surface area (Å²) in [6.07, 6.45) is 2.31. The Bertz CT molecular complexity index is 893. The second-order valence-corrected chi connectivity index (χ2v) is 7.87. The van der Waals surface area contributed by atoms with Crippen molar-refractivity contribution in [3.63, 3.8) is 0 Å². The summed E-state index contributed by atoms with van der Waals surface area (Å²) in [5.41, 5.74) is 2.03. The van der Waals surface area contributed by atoms with Gasteiger partial charge in [0, 0.05) is 24.4 Å². The maximum Gasteiger partial charge on any atom is 0.251 e. The van der Waals surface area contributed by atoms with Crippen LogP contribution in [0.3, 0.4) is 0 Å². The van der Waals surface area contributed by atoms with Gasteiger partial charge in [0.25, 0.3) is 5.91 Å². The van der Waals surface area contributed by atoms with Gasteiger partial charge < -0.3 is 10.1 Å². The Kier molecular flexibility index (Phi) is 5.65. The van der Waals surface area contributed by atoms with Crippen LogP contribution in [0.4, 0.5) is 0 Å². The molecule has 8 heteroatoms. The standard InChI is InChI=1S/C18H21N3O4S/c1-13-4-3-8-19-17(13)11-20-18(22)14-5-2-6-16(10-14)26(23,24)21-15-7-9-25-12-15/h2-6,8,10,15,21H,7,9,11-12H2,1H3,(H,20,22)/t15-/m1/s1. The van der Waals surface area contributed by atoms with E-state index >= 15 is 0 Å². The molecule has 26 heavy (non-hydrogen) atoms. The fourth-order valence-corrected chi connectivity index (χ4v) is 3.99. The number of hydrogen-bond acceptors (Lipinski definition) is 5. The van der Waals surface area contributed by atoms with Crippen LogP contribution in [0.2, 0.25) is 0 Å². The molecule has 1 fully saturated rings. The molecular weight excluding hydrogens is 354 g/mol. The zero-order valence-corrected chi connectivity index (χ0v) is 15.3. The maximum atomic E-state index is 12.5. The fraction of sp³-hybridized carbons (Fsp3) is 0.333. The Morgan fingerprint density at radius 2 is 2.15 bits per heavy atom. The van der Waals surface area contributed by atoms with Crippen LogP contribution in [0.5, 0.6) is 0 Å². The van der Waals surface area contributed by atoms with E-state index < -0.39 is 10.0 Å². The first-order chi connectivity index (χ1) is 12.5. The van der Waals surface area contributed by atoms with Gasteiger partial charge in [0.15, 0.2) is 0 Å². The molecule has 1 atom stereocenters. The molecule has 0 radical (unpaired) electrons. The van der Waals surface area contributed by atoms with Gasteiger partial charge in [-0.05, 0) is 43.2 Å². The lowest BCUT2D eigenvalue weighted by Crippen LogP contribution is -2.35. The summed E-state index contributed by atoms with van der Waals surface area (Å²) in [7, 11) is -3.70. The number of sulfonamides is 1. The normalized spacial score (nSPS) is 17.2. The molecule has 0 spiro atoms. The Labute approximate surface area is 152 Å². The maximum absolute atomic E-state index is 12.5. The van der Waals surface area contributed by atoms with E-state index in [4.69, 9.17) is 4.74 Å². The predicted octanol–water partition coefficient (Wildman–Crippen LogP) is 1.39. The van der Waals surface area contributed by atoms with Gasteiger partial charge in [-0.15, -0.1) is 0 Å². The van der Waals surface area contributed by atoms with Gasteiger partial charge in [-0.1, -0.05) is 12.1 Å². The molecule has 0 bridgehead atoms. The van der Waals surface area contributed by atoms with E-state index in [1.54, 1.807) is 18.3 Å². The van der Waals surface area contributed by atoms with Gasteiger partial charge in [0.05, 0.1) is 23.7 Å². The first-order valence-electron chi connectivity index (χ1n) is 8.34. The number of nitrogens with zero attached hydrogens (tertiary/aromatic N) is 1. The minimum atomic E-state index is -3.70. The summed E-state index contributed by atoms with van der Waals surface area (Å²) in [5, 5.41) is 2.77. The van der Waals surface area contributed by atoms with Crippen LogP contribution in [-0.4, -0.2) is 38.6 Å². The van der Waals surface area contributed by atoms with Crippen LogP contribution in [-0.2, 0) is 21.3 Å². The highest BCUT2D eigenvalue weighted by molar-refractivity contribution is 7.89. The number of rotatable bonds is 6. The van der Waals surface area contributed by atoms with Crippen molar-refractivity contribution in [2.24, 2.45) is 0 Å². The second kappa shape index (κ2) is 7.94. The number of carbonyl (C=O) groups is 1. The molecule has 2 heterocycles. The largest absolute Gasteiger partial charge is 0.380 e. The van der Waals surface area contributed by atoms with E-state index in [1.807, 2.05) is 19.1 Å². The topological polar surface area (TPSA) is 97.4 Å². The number of nitrogens with one attached hydrogen (secondary N) is 2. The molecule has 2 aromatic rings. The van der Waals surface area contributed by atoms with Gasteiger partial charge in [0.1, 0.15) is 0 Å². The van der Waals surface area contributed by atoms with Gasteiger partial charge in [-0.25, -0.2) is 13.1 Å². The molecule has 1 saturated heterocycles. The number of pyridine rings is 1. The minimum Gasteiger partial charge on any atom is -0.380 e. The SMILES string of the molecule is Cc1cccnc1CNC(=O)c1cccc(S(=O)(=O)N[C@@H]2CCOC2)c1. The molecule has 1 aromatic carbocycles. The smallest absolute Gasteiger partial charge is 0.251 e. The molecule has 0 aliphatic carbocycles. The van der Waals surface area contributed by atoms with Crippen molar-refractivity contribution >= 4 is 15.9 Å². The minimum absolute atomic E-state index is 0.0612. The molecule has 2 N–H and O–H groups in total. The molecule has 3 rings (SSSR count). The number of benzene rings is 1. The average molecular weight is 375 g/mol. The quantitative estimate of drug-likeness (QED) is 0.795. The van der Waals surface area contributed by atoms with Gasteiger partial charge in [-0.3, -0.25) is 9.78 Å². The molecule has 1 aliphatic heterocycles. The number of carbonyl (C=O) groups excluding carboxylic acids is 1. The molecule has 0 saturated carbocycles. The van der Waals surface area contributed by atoms with E-state index in [9.17, 15) is 13.2 Å². The molecule has 7 nitrogen and oxygen atoms in total. The molecule has 1 amide bonds. The van der Waals surface area contributed by atoms with E-state index in [-0.39, 0.29) is 29.0 Å². The van der Waals surface area contributed by atoms with Crippen LogP contribution in [0, 0.1) is 6.92 Å². The van der Waals surface area contributed by atoms with Crippen molar-refractivity contribution in [3.8, 4) is 0 Å². The van der Waals surface area contributed by atoms with E-state index in [0.29, 0.717) is 19.6 Å². The van der Waals surface area contributed by atoms with Crippen molar-refractivity contribution in [3.05, 3.63) is 59.4 Å². The molecule has 1 aromatic heterocycles. The number of ether oxygens (including phenoxy) is 1. The lowest BCUT2D eigenvalue weighted by Gasteiger charge is -2.12. The highest BCUT2D eigenvalue weighted by Gasteiger charge is 2.24. The van der Waals surface area contributed by atoms with Crippen molar-refractivity contribution < 1.29 is 17.9 Å². The Morgan fingerprint density at radius 1 is 1.31 bits per heavy atom. The summed E-state index contributed by atoms with van der Waals surface area (Å²) in [4.78, 5) is 16.7. The first kappa shape index (κ1) is 18.5. The predicted molar refractivity (Wildman–Crippen MR) is 96.1 cm³/mol. The fourth-order valence-electron chi connectivity index (χ4n) is 2.69.